The number of β-amino-alcohol motifs (C(OH)–C–C–N with tert-alkyl or cyclic N) is 1. The number of nitrogens with two attached hydrogens (primary N) is 1. The molecule has 1 unspecified atom stereocenters. The van der Waals surface area contributed by atoms with Crippen molar-refractivity contribution in [2.45, 2.75) is 32.3 Å². The summed E-state index contributed by atoms with van der Waals surface area (Å²) in [4.78, 5) is 2.12. The summed E-state index contributed by atoms with van der Waals surface area (Å²) >= 11 is 0. The number of aliphatic hydroxyl groups excluding tert-OH is 1. The largest absolute Gasteiger partial charge is 0.394 e. The molecule has 0 bridgehead atoms. The van der Waals surface area contributed by atoms with Crippen LogP contribution in [0.5, 0.6) is 0 Å². The lowest BCUT2D eigenvalue weighted by Gasteiger charge is -2.18. The summed E-state index contributed by atoms with van der Waals surface area (Å²) in [6.45, 7) is 3.64. The highest BCUT2D eigenvalue weighted by Gasteiger charge is 2.25. The van der Waals surface area contributed by atoms with Gasteiger partial charge in [-0.05, 0) is 12.8 Å². The van der Waals surface area contributed by atoms with Crippen LogP contribution in [0.2, 0.25) is 0 Å². The zero-order chi connectivity index (χ0) is 11.7. The van der Waals surface area contributed by atoms with Crippen molar-refractivity contribution >= 4 is 11.5 Å². The summed E-state index contributed by atoms with van der Waals surface area (Å²) in [6.07, 6.45) is 2.54. The monoisotopic (exact) mass is 224 g/mol. The van der Waals surface area contributed by atoms with E-state index in [2.05, 4.69) is 16.9 Å². The van der Waals surface area contributed by atoms with E-state index in [4.69, 9.17) is 5.73 Å². The third-order valence-electron chi connectivity index (χ3n) is 3.08. The van der Waals surface area contributed by atoms with Crippen molar-refractivity contribution in [3.63, 3.8) is 0 Å². The lowest BCUT2D eigenvalue weighted by molar-refractivity contribution is 0.198. The molecule has 0 radical (unpaired) electrons. The van der Waals surface area contributed by atoms with E-state index in [0.717, 1.165) is 43.0 Å². The molecule has 3 N–H and O–H groups in total. The minimum absolute atomic E-state index is 0.232. The van der Waals surface area contributed by atoms with Crippen molar-refractivity contribution in [3.05, 3.63) is 5.69 Å². The number of aromatic nitrogens is 2. The van der Waals surface area contributed by atoms with Gasteiger partial charge in [-0.3, -0.25) is 4.68 Å². The molecule has 5 nitrogen and oxygen atoms in total. The second kappa shape index (κ2) is 4.33. The molecule has 5 heteroatoms. The van der Waals surface area contributed by atoms with Crippen LogP contribution in [0.15, 0.2) is 0 Å². The molecule has 0 amide bonds. The first-order valence-electron chi connectivity index (χ1n) is 5.87. The van der Waals surface area contributed by atoms with Gasteiger partial charge in [0.25, 0.3) is 0 Å². The summed E-state index contributed by atoms with van der Waals surface area (Å²) in [5.41, 5.74) is 7.86. The lowest BCUT2D eigenvalue weighted by atomic mass is 10.2. The van der Waals surface area contributed by atoms with Gasteiger partial charge < -0.3 is 15.7 Å². The maximum absolute atomic E-state index is 9.54. The van der Waals surface area contributed by atoms with E-state index in [-0.39, 0.29) is 6.10 Å². The van der Waals surface area contributed by atoms with Crippen LogP contribution in [0, 0.1) is 0 Å². The molecule has 2 heterocycles. The molecule has 1 aromatic rings. The Morgan fingerprint density at radius 3 is 2.88 bits per heavy atom. The SMILES string of the molecule is CCCc1nn(C)c(N2CCC(O)C2)c1N. The first-order valence-corrected chi connectivity index (χ1v) is 5.87. The normalized spacial score (nSPS) is 20.7. The number of hydrogen-bond donors (Lipinski definition) is 2. The maximum atomic E-state index is 9.54. The van der Waals surface area contributed by atoms with Gasteiger partial charge in [-0.15, -0.1) is 0 Å². The molecule has 1 aliphatic rings. The Hall–Kier alpha value is -1.23. The zero-order valence-electron chi connectivity index (χ0n) is 9.98. The summed E-state index contributed by atoms with van der Waals surface area (Å²) < 4.78 is 1.83. The smallest absolute Gasteiger partial charge is 0.150 e. The zero-order valence-corrected chi connectivity index (χ0v) is 9.98. The van der Waals surface area contributed by atoms with E-state index in [1.54, 1.807) is 0 Å². The van der Waals surface area contributed by atoms with Crippen molar-refractivity contribution < 1.29 is 5.11 Å². The molecule has 0 aliphatic carbocycles. The highest BCUT2D eigenvalue weighted by molar-refractivity contribution is 5.67. The van der Waals surface area contributed by atoms with Crippen LogP contribution in [0.1, 0.15) is 25.5 Å². The number of aryl methyl sites for hydroxylation is 2. The quantitative estimate of drug-likeness (QED) is 0.785. The van der Waals surface area contributed by atoms with Crippen LogP contribution in [-0.2, 0) is 13.5 Å². The van der Waals surface area contributed by atoms with E-state index in [1.807, 2.05) is 11.7 Å². The van der Waals surface area contributed by atoms with E-state index >= 15 is 0 Å². The highest BCUT2D eigenvalue weighted by atomic mass is 16.3. The lowest BCUT2D eigenvalue weighted by Crippen LogP contribution is -2.24. The Morgan fingerprint density at radius 1 is 1.56 bits per heavy atom. The van der Waals surface area contributed by atoms with Gasteiger partial charge in [0.2, 0.25) is 0 Å². The Kier molecular flexibility index (Phi) is 3.05. The van der Waals surface area contributed by atoms with Gasteiger partial charge in [0, 0.05) is 20.1 Å². The molecular formula is C11H20N4O. The van der Waals surface area contributed by atoms with Crippen LogP contribution < -0.4 is 10.6 Å². The number of nitrogen functional groups attached to an aromatic ring is 1. The van der Waals surface area contributed by atoms with E-state index < -0.39 is 0 Å². The average Bonchev–Trinajstić information content (AvgIpc) is 2.74. The molecule has 1 fully saturated rings. The number of hydrogen-bond acceptors (Lipinski definition) is 4. The summed E-state index contributed by atoms with van der Waals surface area (Å²) in [7, 11) is 1.91. The second-order valence-corrected chi connectivity index (χ2v) is 4.45. The van der Waals surface area contributed by atoms with Crippen molar-refractivity contribution in [1.82, 2.24) is 9.78 Å². The first kappa shape index (κ1) is 11.3. The van der Waals surface area contributed by atoms with Gasteiger partial charge in [-0.1, -0.05) is 13.3 Å². The van der Waals surface area contributed by atoms with Gasteiger partial charge in [0.15, 0.2) is 5.82 Å². The van der Waals surface area contributed by atoms with Gasteiger partial charge in [0.05, 0.1) is 17.5 Å². The fraction of sp³-hybridized carbons (Fsp3) is 0.727. The fourth-order valence-corrected chi connectivity index (χ4v) is 2.32. The van der Waals surface area contributed by atoms with Crippen molar-refractivity contribution in [2.24, 2.45) is 7.05 Å². The van der Waals surface area contributed by atoms with Crippen molar-refractivity contribution in [1.29, 1.82) is 0 Å². The molecule has 90 valence electrons. The van der Waals surface area contributed by atoms with Gasteiger partial charge in [-0.25, -0.2) is 0 Å². The maximum Gasteiger partial charge on any atom is 0.150 e. The molecular weight excluding hydrogens is 204 g/mol. The Balaban J connectivity index is 2.26. The molecule has 1 saturated heterocycles. The molecule has 0 saturated carbocycles. The van der Waals surface area contributed by atoms with Crippen molar-refractivity contribution in [3.8, 4) is 0 Å². The molecule has 16 heavy (non-hydrogen) atoms. The predicted molar refractivity (Wildman–Crippen MR) is 64.5 cm³/mol. The van der Waals surface area contributed by atoms with Gasteiger partial charge in [0.1, 0.15) is 0 Å². The number of anilines is 2. The van der Waals surface area contributed by atoms with Gasteiger partial charge >= 0.3 is 0 Å². The number of rotatable bonds is 3. The minimum Gasteiger partial charge on any atom is -0.394 e. The Bertz CT molecular complexity index is 374. The third-order valence-corrected chi connectivity index (χ3v) is 3.08. The molecule has 0 aromatic carbocycles. The van der Waals surface area contributed by atoms with Gasteiger partial charge in [-0.2, -0.15) is 5.10 Å². The average molecular weight is 224 g/mol. The first-order chi connectivity index (χ1) is 7.63. The van der Waals surface area contributed by atoms with Crippen LogP contribution >= 0.6 is 0 Å². The standard InChI is InChI=1S/C11H20N4O/c1-3-4-9-10(12)11(14(2)13-9)15-6-5-8(16)7-15/h8,16H,3-7,12H2,1-2H3. The van der Waals surface area contributed by atoms with Crippen LogP contribution in [0.25, 0.3) is 0 Å². The molecule has 1 atom stereocenters. The minimum atomic E-state index is -0.232. The second-order valence-electron chi connectivity index (χ2n) is 4.45. The summed E-state index contributed by atoms with van der Waals surface area (Å²) in [5.74, 6) is 0.958. The van der Waals surface area contributed by atoms with E-state index in [1.165, 1.54) is 0 Å². The summed E-state index contributed by atoms with van der Waals surface area (Å²) in [6, 6.07) is 0. The number of nitrogens with zero attached hydrogens (tertiary/aromatic N) is 3. The Morgan fingerprint density at radius 2 is 2.31 bits per heavy atom. The number of aliphatic hydroxyl groups is 1. The topological polar surface area (TPSA) is 67.3 Å². The van der Waals surface area contributed by atoms with Crippen LogP contribution in [0.4, 0.5) is 11.5 Å². The molecule has 2 rings (SSSR count). The fourth-order valence-electron chi connectivity index (χ4n) is 2.32. The van der Waals surface area contributed by atoms with Crippen LogP contribution in [0.3, 0.4) is 0 Å². The Labute approximate surface area is 95.8 Å². The highest BCUT2D eigenvalue weighted by Crippen LogP contribution is 2.29. The molecule has 0 spiro atoms. The summed E-state index contributed by atoms with van der Waals surface area (Å²) in [5, 5.41) is 14.0. The molecule has 1 aromatic heterocycles. The van der Waals surface area contributed by atoms with E-state index in [0.29, 0.717) is 6.54 Å². The van der Waals surface area contributed by atoms with Crippen LogP contribution in [-0.4, -0.2) is 34.1 Å². The third kappa shape index (κ3) is 1.87. The van der Waals surface area contributed by atoms with Crippen molar-refractivity contribution in [2.75, 3.05) is 23.7 Å². The molecule has 1 aliphatic heterocycles. The predicted octanol–water partition coefficient (Wildman–Crippen LogP) is 0.526. The van der Waals surface area contributed by atoms with E-state index in [9.17, 15) is 5.11 Å².